The van der Waals surface area contributed by atoms with Gasteiger partial charge >= 0.3 is 5.97 Å². The van der Waals surface area contributed by atoms with Crippen molar-refractivity contribution in [2.45, 2.75) is 52.9 Å². The molecule has 0 N–H and O–H groups in total. The van der Waals surface area contributed by atoms with Crippen LogP contribution in [0, 0.1) is 12.3 Å². The fourth-order valence-electron chi connectivity index (χ4n) is 3.44. The third-order valence-electron chi connectivity index (χ3n) is 5.18. The molecule has 1 aliphatic heterocycles. The minimum absolute atomic E-state index is 0.0463. The second-order valence-corrected chi connectivity index (χ2v) is 8.73. The van der Waals surface area contributed by atoms with Gasteiger partial charge in [-0.2, -0.15) is 0 Å². The molecule has 0 amide bonds. The molecule has 3 rings (SSSR count). The number of carbonyl (C=O) groups is 1. The van der Waals surface area contributed by atoms with E-state index in [1.54, 1.807) is 5.06 Å². The fraction of sp³-hybridized carbons (Fsp3) is 0.435. The van der Waals surface area contributed by atoms with Gasteiger partial charge in [0.05, 0.1) is 17.6 Å². The molecule has 2 aromatic rings. The number of aryl methyl sites for hydroxylation is 2. The highest BCUT2D eigenvalue weighted by molar-refractivity contribution is 5.77. The monoisotopic (exact) mass is 351 g/mol. The lowest BCUT2D eigenvalue weighted by molar-refractivity contribution is -0.154. The fourth-order valence-corrected chi connectivity index (χ4v) is 3.44. The summed E-state index contributed by atoms with van der Waals surface area (Å²) < 4.78 is 0. The number of nitrogens with zero attached hydrogens (tertiary/aromatic N) is 1. The number of hydroxylamine groups is 1. The number of hydrogen-bond acceptors (Lipinski definition) is 3. The first-order valence-electron chi connectivity index (χ1n) is 9.34. The van der Waals surface area contributed by atoms with E-state index in [1.807, 2.05) is 26.8 Å². The predicted octanol–water partition coefficient (Wildman–Crippen LogP) is 5.21. The second-order valence-electron chi connectivity index (χ2n) is 8.73. The Kier molecular flexibility index (Phi) is 4.83. The van der Waals surface area contributed by atoms with Crippen molar-refractivity contribution >= 4 is 11.7 Å². The molecule has 0 spiro atoms. The van der Waals surface area contributed by atoms with Crippen molar-refractivity contribution in [1.29, 1.82) is 0 Å². The van der Waals surface area contributed by atoms with Gasteiger partial charge in [-0.3, -0.25) is 0 Å². The molecule has 1 aliphatic rings. The van der Waals surface area contributed by atoms with Crippen molar-refractivity contribution in [3.63, 3.8) is 0 Å². The van der Waals surface area contributed by atoms with Gasteiger partial charge in [-0.05, 0) is 57.7 Å². The van der Waals surface area contributed by atoms with Crippen molar-refractivity contribution in [2.75, 3.05) is 11.6 Å². The number of fused-ring (bicyclic) bond motifs is 1. The van der Waals surface area contributed by atoms with Crippen molar-refractivity contribution < 1.29 is 9.63 Å². The van der Waals surface area contributed by atoms with E-state index in [2.05, 4.69) is 56.3 Å². The Morgan fingerprint density at radius 1 is 1.15 bits per heavy atom. The third-order valence-corrected chi connectivity index (χ3v) is 5.18. The molecule has 0 aliphatic carbocycles. The van der Waals surface area contributed by atoms with E-state index < -0.39 is 5.41 Å². The number of rotatable bonds is 4. The molecule has 1 atom stereocenters. The van der Waals surface area contributed by atoms with Crippen molar-refractivity contribution in [3.05, 3.63) is 65.2 Å². The smallest absolute Gasteiger partial charge is 0.337 e. The van der Waals surface area contributed by atoms with Crippen molar-refractivity contribution in [3.8, 4) is 0 Å². The quantitative estimate of drug-likeness (QED) is 0.757. The lowest BCUT2D eigenvalue weighted by Gasteiger charge is -2.27. The average Bonchev–Trinajstić information content (AvgIpc) is 2.85. The van der Waals surface area contributed by atoms with Crippen LogP contribution < -0.4 is 5.06 Å². The molecule has 0 aromatic heterocycles. The highest BCUT2D eigenvalue weighted by atomic mass is 16.7. The molecule has 0 radical (unpaired) electrons. The van der Waals surface area contributed by atoms with Gasteiger partial charge in [-0.25, -0.2) is 9.86 Å². The summed E-state index contributed by atoms with van der Waals surface area (Å²) in [7, 11) is 0. The molecule has 0 fully saturated rings. The first kappa shape index (κ1) is 18.5. The predicted molar refractivity (Wildman–Crippen MR) is 106 cm³/mol. The first-order chi connectivity index (χ1) is 12.2. The average molecular weight is 351 g/mol. The molecule has 26 heavy (non-hydrogen) atoms. The molecule has 0 bridgehead atoms. The van der Waals surface area contributed by atoms with Gasteiger partial charge < -0.3 is 4.84 Å². The van der Waals surface area contributed by atoms with Gasteiger partial charge in [0.25, 0.3) is 0 Å². The van der Waals surface area contributed by atoms with Crippen molar-refractivity contribution in [1.82, 2.24) is 0 Å². The minimum atomic E-state index is -0.520. The zero-order valence-corrected chi connectivity index (χ0v) is 16.5. The second kappa shape index (κ2) is 6.79. The first-order valence-corrected chi connectivity index (χ1v) is 9.34. The van der Waals surface area contributed by atoms with Gasteiger partial charge in [-0.1, -0.05) is 55.0 Å². The number of hydrogen-bond donors (Lipinski definition) is 0. The molecule has 2 aromatic carbocycles. The number of carbonyl (C=O) groups excluding carboxylic acids is 1. The zero-order chi connectivity index (χ0) is 18.9. The minimum Gasteiger partial charge on any atom is -0.340 e. The summed E-state index contributed by atoms with van der Waals surface area (Å²) in [6.45, 7) is 10.7. The lowest BCUT2D eigenvalue weighted by atomic mass is 9.79. The number of anilines is 1. The normalized spacial score (nSPS) is 19.3. The van der Waals surface area contributed by atoms with Gasteiger partial charge in [0.2, 0.25) is 0 Å². The third kappa shape index (κ3) is 3.77. The van der Waals surface area contributed by atoms with E-state index in [-0.39, 0.29) is 11.4 Å². The van der Waals surface area contributed by atoms with Crippen LogP contribution in [0.15, 0.2) is 48.5 Å². The molecule has 1 heterocycles. The van der Waals surface area contributed by atoms with Crippen molar-refractivity contribution in [2.24, 2.45) is 5.41 Å². The van der Waals surface area contributed by atoms with Crippen LogP contribution in [0.1, 0.15) is 50.8 Å². The van der Waals surface area contributed by atoms with E-state index in [0.717, 1.165) is 18.5 Å². The molecule has 3 heteroatoms. The van der Waals surface area contributed by atoms with Gasteiger partial charge in [0, 0.05) is 5.41 Å². The molecule has 1 unspecified atom stereocenters. The topological polar surface area (TPSA) is 29.5 Å². The summed E-state index contributed by atoms with van der Waals surface area (Å²) >= 11 is 0. The summed E-state index contributed by atoms with van der Waals surface area (Å²) in [6.07, 6.45) is 2.02. The van der Waals surface area contributed by atoms with Gasteiger partial charge in [-0.15, -0.1) is 0 Å². The molecule has 0 saturated heterocycles. The maximum Gasteiger partial charge on any atom is 0.337 e. The van der Waals surface area contributed by atoms with E-state index in [4.69, 9.17) is 4.84 Å². The van der Waals surface area contributed by atoms with Gasteiger partial charge in [0.15, 0.2) is 0 Å². The van der Waals surface area contributed by atoms with Crippen LogP contribution >= 0.6 is 0 Å². The molecule has 138 valence electrons. The standard InChI is InChI=1S/C23H29NO2/c1-17-11-12-20-19(15-17)23(5,14-13-18-9-7-6-8-10-18)16-24(20)26-21(25)22(2,3)4/h6-12,15H,13-14,16H2,1-5H3. The summed E-state index contributed by atoms with van der Waals surface area (Å²) in [4.78, 5) is 18.2. The van der Waals surface area contributed by atoms with Crippen LogP contribution in [-0.2, 0) is 21.5 Å². The summed E-state index contributed by atoms with van der Waals surface area (Å²) in [5.41, 5.74) is 4.30. The molecular weight excluding hydrogens is 322 g/mol. The Labute approximate surface area is 156 Å². The zero-order valence-electron chi connectivity index (χ0n) is 16.5. The Hall–Kier alpha value is -2.29. The SMILES string of the molecule is Cc1ccc2c(c1)C(C)(CCc1ccccc1)CN2OC(=O)C(C)(C)C. The maximum absolute atomic E-state index is 12.4. The number of benzene rings is 2. The van der Waals surface area contributed by atoms with E-state index in [9.17, 15) is 4.79 Å². The lowest BCUT2D eigenvalue weighted by Crippen LogP contribution is -2.36. The van der Waals surface area contributed by atoms with E-state index in [1.165, 1.54) is 16.7 Å². The largest absolute Gasteiger partial charge is 0.340 e. The summed E-state index contributed by atoms with van der Waals surface area (Å²) in [5, 5.41) is 1.80. The van der Waals surface area contributed by atoms with Gasteiger partial charge in [0.1, 0.15) is 0 Å². The van der Waals surface area contributed by atoms with Crippen LogP contribution in [-0.4, -0.2) is 12.5 Å². The molecular formula is C23H29NO2. The summed E-state index contributed by atoms with van der Waals surface area (Å²) in [5.74, 6) is -0.198. The maximum atomic E-state index is 12.4. The van der Waals surface area contributed by atoms with Crippen LogP contribution in [0.5, 0.6) is 0 Å². The summed E-state index contributed by atoms with van der Waals surface area (Å²) in [6, 6.07) is 17.0. The van der Waals surface area contributed by atoms with E-state index in [0.29, 0.717) is 6.54 Å². The highest BCUT2D eigenvalue weighted by Crippen LogP contribution is 2.44. The molecule has 3 nitrogen and oxygen atoms in total. The Morgan fingerprint density at radius 2 is 1.85 bits per heavy atom. The Bertz CT molecular complexity index is 792. The van der Waals surface area contributed by atoms with Crippen LogP contribution in [0.4, 0.5) is 5.69 Å². The van der Waals surface area contributed by atoms with Crippen LogP contribution in [0.2, 0.25) is 0 Å². The highest BCUT2D eigenvalue weighted by Gasteiger charge is 2.41. The van der Waals surface area contributed by atoms with Crippen LogP contribution in [0.3, 0.4) is 0 Å². The van der Waals surface area contributed by atoms with E-state index >= 15 is 0 Å². The Morgan fingerprint density at radius 3 is 2.50 bits per heavy atom. The van der Waals surface area contributed by atoms with Crippen LogP contribution in [0.25, 0.3) is 0 Å². The Balaban J connectivity index is 1.85. The molecule has 0 saturated carbocycles.